The molecule has 1 amide bonds. The number of piperazine rings is 1. The zero-order chi connectivity index (χ0) is 13.5. The number of ether oxygens (including phenoxy) is 1. The SMILES string of the molecule is CCOC(=O)N1CCN(CCN2CCCCC2)CC1. The molecule has 2 fully saturated rings. The summed E-state index contributed by atoms with van der Waals surface area (Å²) in [5.41, 5.74) is 0. The van der Waals surface area contributed by atoms with Gasteiger partial charge in [-0.25, -0.2) is 4.79 Å². The van der Waals surface area contributed by atoms with E-state index in [0.29, 0.717) is 6.61 Å². The van der Waals surface area contributed by atoms with Gasteiger partial charge in [0.25, 0.3) is 0 Å². The monoisotopic (exact) mass is 269 g/mol. The Labute approximate surface area is 116 Å². The van der Waals surface area contributed by atoms with Crippen LogP contribution in [0.3, 0.4) is 0 Å². The Balaban J connectivity index is 1.61. The summed E-state index contributed by atoms with van der Waals surface area (Å²) in [5.74, 6) is 0. The molecular weight excluding hydrogens is 242 g/mol. The van der Waals surface area contributed by atoms with Crippen LogP contribution >= 0.6 is 0 Å². The van der Waals surface area contributed by atoms with E-state index in [-0.39, 0.29) is 6.09 Å². The van der Waals surface area contributed by atoms with E-state index >= 15 is 0 Å². The molecule has 0 aliphatic carbocycles. The molecule has 0 N–H and O–H groups in total. The molecule has 2 aliphatic heterocycles. The minimum Gasteiger partial charge on any atom is -0.450 e. The molecule has 0 spiro atoms. The molecule has 2 saturated heterocycles. The highest BCUT2D eigenvalue weighted by Gasteiger charge is 2.22. The Hall–Kier alpha value is -0.810. The van der Waals surface area contributed by atoms with Crippen molar-refractivity contribution in [3.63, 3.8) is 0 Å². The molecule has 110 valence electrons. The number of hydrogen-bond acceptors (Lipinski definition) is 4. The van der Waals surface area contributed by atoms with Crippen molar-refractivity contribution in [2.75, 3.05) is 59.0 Å². The summed E-state index contributed by atoms with van der Waals surface area (Å²) in [6.07, 6.45) is 3.96. The van der Waals surface area contributed by atoms with Gasteiger partial charge in [-0.3, -0.25) is 4.90 Å². The Morgan fingerprint density at radius 2 is 1.47 bits per heavy atom. The Morgan fingerprint density at radius 1 is 0.895 bits per heavy atom. The van der Waals surface area contributed by atoms with Gasteiger partial charge < -0.3 is 14.5 Å². The summed E-state index contributed by atoms with van der Waals surface area (Å²) in [5, 5.41) is 0. The molecule has 5 heteroatoms. The van der Waals surface area contributed by atoms with Crippen LogP contribution in [0.2, 0.25) is 0 Å². The second-order valence-electron chi connectivity index (χ2n) is 5.43. The van der Waals surface area contributed by atoms with E-state index in [4.69, 9.17) is 4.74 Å². The minimum atomic E-state index is -0.154. The van der Waals surface area contributed by atoms with Crippen LogP contribution < -0.4 is 0 Å². The lowest BCUT2D eigenvalue weighted by Crippen LogP contribution is -2.50. The lowest BCUT2D eigenvalue weighted by atomic mass is 10.1. The first-order valence-corrected chi connectivity index (χ1v) is 7.66. The van der Waals surface area contributed by atoms with Crippen molar-refractivity contribution in [3.8, 4) is 0 Å². The van der Waals surface area contributed by atoms with Crippen molar-refractivity contribution in [2.24, 2.45) is 0 Å². The highest BCUT2D eigenvalue weighted by atomic mass is 16.6. The van der Waals surface area contributed by atoms with Crippen LogP contribution in [-0.4, -0.2) is 79.8 Å². The van der Waals surface area contributed by atoms with Crippen molar-refractivity contribution >= 4 is 6.09 Å². The predicted molar refractivity (Wildman–Crippen MR) is 75.3 cm³/mol. The van der Waals surface area contributed by atoms with Gasteiger partial charge in [0.15, 0.2) is 0 Å². The minimum absolute atomic E-state index is 0.154. The number of rotatable bonds is 4. The maximum atomic E-state index is 11.6. The highest BCUT2D eigenvalue weighted by Crippen LogP contribution is 2.09. The molecule has 5 nitrogen and oxygen atoms in total. The lowest BCUT2D eigenvalue weighted by molar-refractivity contribution is 0.0754. The van der Waals surface area contributed by atoms with Gasteiger partial charge in [0, 0.05) is 39.3 Å². The van der Waals surface area contributed by atoms with Crippen LogP contribution in [0.15, 0.2) is 0 Å². The van der Waals surface area contributed by atoms with Crippen LogP contribution in [-0.2, 0) is 4.74 Å². The van der Waals surface area contributed by atoms with Crippen LogP contribution in [0.5, 0.6) is 0 Å². The summed E-state index contributed by atoms with van der Waals surface area (Å²) in [7, 11) is 0. The molecule has 0 radical (unpaired) electrons. The summed E-state index contributed by atoms with van der Waals surface area (Å²) >= 11 is 0. The van der Waals surface area contributed by atoms with Gasteiger partial charge in [-0.15, -0.1) is 0 Å². The Morgan fingerprint density at radius 3 is 2.05 bits per heavy atom. The average Bonchev–Trinajstić information content (AvgIpc) is 2.47. The van der Waals surface area contributed by atoms with E-state index in [1.54, 1.807) is 0 Å². The fourth-order valence-corrected chi connectivity index (χ4v) is 2.83. The summed E-state index contributed by atoms with van der Waals surface area (Å²) in [6, 6.07) is 0. The van der Waals surface area contributed by atoms with Crippen molar-refractivity contribution in [3.05, 3.63) is 0 Å². The quantitative estimate of drug-likeness (QED) is 0.769. The first-order valence-electron chi connectivity index (χ1n) is 7.66. The topological polar surface area (TPSA) is 36.0 Å². The third kappa shape index (κ3) is 4.66. The van der Waals surface area contributed by atoms with Gasteiger partial charge >= 0.3 is 6.09 Å². The van der Waals surface area contributed by atoms with E-state index in [9.17, 15) is 4.79 Å². The fourth-order valence-electron chi connectivity index (χ4n) is 2.83. The van der Waals surface area contributed by atoms with Gasteiger partial charge in [-0.2, -0.15) is 0 Å². The molecule has 0 unspecified atom stereocenters. The Bertz CT molecular complexity index is 272. The molecule has 2 heterocycles. The van der Waals surface area contributed by atoms with Gasteiger partial charge in [0.2, 0.25) is 0 Å². The first-order chi connectivity index (χ1) is 9.29. The number of nitrogens with zero attached hydrogens (tertiary/aromatic N) is 3. The lowest BCUT2D eigenvalue weighted by Gasteiger charge is -2.35. The van der Waals surface area contributed by atoms with E-state index in [1.807, 2.05) is 11.8 Å². The molecule has 0 saturated carbocycles. The summed E-state index contributed by atoms with van der Waals surface area (Å²) < 4.78 is 5.03. The number of piperidine rings is 1. The van der Waals surface area contributed by atoms with Crippen LogP contribution in [0.1, 0.15) is 26.2 Å². The van der Waals surface area contributed by atoms with E-state index < -0.39 is 0 Å². The maximum absolute atomic E-state index is 11.6. The molecular formula is C14H27N3O2. The molecule has 0 aromatic rings. The standard InChI is InChI=1S/C14H27N3O2/c1-2-19-14(18)17-12-10-16(11-13-17)9-8-15-6-4-3-5-7-15/h2-13H2,1H3. The van der Waals surface area contributed by atoms with E-state index in [1.165, 1.54) is 38.9 Å². The number of hydrogen-bond donors (Lipinski definition) is 0. The smallest absolute Gasteiger partial charge is 0.409 e. The van der Waals surface area contributed by atoms with Gasteiger partial charge in [-0.05, 0) is 32.9 Å². The number of carbonyl (C=O) groups is 1. The predicted octanol–water partition coefficient (Wildman–Crippen LogP) is 1.25. The summed E-state index contributed by atoms with van der Waals surface area (Å²) in [6.45, 7) is 10.7. The van der Waals surface area contributed by atoms with Crippen molar-refractivity contribution in [1.82, 2.24) is 14.7 Å². The molecule has 19 heavy (non-hydrogen) atoms. The molecule has 0 bridgehead atoms. The van der Waals surface area contributed by atoms with Gasteiger partial charge in [0.1, 0.15) is 0 Å². The third-order valence-electron chi connectivity index (χ3n) is 4.08. The normalized spacial score (nSPS) is 22.5. The largest absolute Gasteiger partial charge is 0.450 e. The van der Waals surface area contributed by atoms with Gasteiger partial charge in [0.05, 0.1) is 6.61 Å². The third-order valence-corrected chi connectivity index (χ3v) is 4.08. The molecule has 0 aromatic carbocycles. The highest BCUT2D eigenvalue weighted by molar-refractivity contribution is 5.67. The number of likely N-dealkylation sites (tertiary alicyclic amines) is 1. The fraction of sp³-hybridized carbons (Fsp3) is 0.929. The molecule has 0 aromatic heterocycles. The van der Waals surface area contributed by atoms with Crippen LogP contribution in [0.4, 0.5) is 4.79 Å². The van der Waals surface area contributed by atoms with Crippen LogP contribution in [0.25, 0.3) is 0 Å². The maximum Gasteiger partial charge on any atom is 0.409 e. The molecule has 2 aliphatic rings. The zero-order valence-corrected chi connectivity index (χ0v) is 12.1. The number of amides is 1. The first kappa shape index (κ1) is 14.6. The van der Waals surface area contributed by atoms with Crippen molar-refractivity contribution in [1.29, 1.82) is 0 Å². The summed E-state index contributed by atoms with van der Waals surface area (Å²) in [4.78, 5) is 18.4. The zero-order valence-electron chi connectivity index (χ0n) is 12.1. The molecule has 0 atom stereocenters. The van der Waals surface area contributed by atoms with E-state index in [0.717, 1.165) is 32.7 Å². The van der Waals surface area contributed by atoms with E-state index in [2.05, 4.69) is 9.80 Å². The Kier molecular flexibility index (Phi) is 5.92. The van der Waals surface area contributed by atoms with Gasteiger partial charge in [-0.1, -0.05) is 6.42 Å². The second-order valence-corrected chi connectivity index (χ2v) is 5.43. The average molecular weight is 269 g/mol. The molecule has 2 rings (SSSR count). The number of carbonyl (C=O) groups excluding carboxylic acids is 1. The second kappa shape index (κ2) is 7.70. The van der Waals surface area contributed by atoms with Crippen LogP contribution in [0, 0.1) is 0 Å². The van der Waals surface area contributed by atoms with Crippen molar-refractivity contribution < 1.29 is 9.53 Å². The van der Waals surface area contributed by atoms with Crippen molar-refractivity contribution in [2.45, 2.75) is 26.2 Å².